The van der Waals surface area contributed by atoms with E-state index in [1.807, 2.05) is 60.0 Å². The third-order valence-electron chi connectivity index (χ3n) is 4.82. The first-order chi connectivity index (χ1) is 15.2. The number of carbonyl (C=O) groups excluding carboxylic acids is 1. The lowest BCUT2D eigenvalue weighted by Crippen LogP contribution is -2.11. The van der Waals surface area contributed by atoms with Crippen LogP contribution in [-0.2, 0) is 0 Å². The zero-order valence-electron chi connectivity index (χ0n) is 17.4. The minimum absolute atomic E-state index is 0.152. The molecule has 31 heavy (non-hydrogen) atoms. The maximum atomic E-state index is 12.7. The largest absolute Gasteiger partial charge is 0.494 e. The standard InChI is InChI=1S/C26H24N2O2S/c1-2-3-16-30-23-14-12-19(13-15-23)25(29)27-22-11-7-10-21(17-22)24-18-31-26(28-24)20-8-5-4-6-9-20/h4-15,17-18H,2-3,16H2,1H3,(H,27,29). The van der Waals surface area contributed by atoms with Gasteiger partial charge in [0.15, 0.2) is 0 Å². The lowest BCUT2D eigenvalue weighted by molar-refractivity contribution is 0.102. The van der Waals surface area contributed by atoms with E-state index in [2.05, 4.69) is 24.4 Å². The van der Waals surface area contributed by atoms with Crippen molar-refractivity contribution in [2.75, 3.05) is 11.9 Å². The van der Waals surface area contributed by atoms with Crippen LogP contribution in [0.4, 0.5) is 5.69 Å². The van der Waals surface area contributed by atoms with Crippen LogP contribution in [0, 0.1) is 0 Å². The van der Waals surface area contributed by atoms with Crippen molar-refractivity contribution in [3.05, 3.63) is 89.8 Å². The van der Waals surface area contributed by atoms with E-state index < -0.39 is 0 Å². The number of hydrogen-bond donors (Lipinski definition) is 1. The minimum atomic E-state index is -0.152. The summed E-state index contributed by atoms with van der Waals surface area (Å²) >= 11 is 1.61. The van der Waals surface area contributed by atoms with E-state index >= 15 is 0 Å². The van der Waals surface area contributed by atoms with Crippen LogP contribution in [0.2, 0.25) is 0 Å². The molecule has 0 fully saturated rings. The Labute approximate surface area is 186 Å². The van der Waals surface area contributed by atoms with Crippen LogP contribution in [0.15, 0.2) is 84.2 Å². The van der Waals surface area contributed by atoms with Crippen molar-refractivity contribution in [1.29, 1.82) is 0 Å². The maximum absolute atomic E-state index is 12.7. The minimum Gasteiger partial charge on any atom is -0.494 e. The number of aromatic nitrogens is 1. The van der Waals surface area contributed by atoms with Gasteiger partial charge in [-0.1, -0.05) is 55.8 Å². The second kappa shape index (κ2) is 10.0. The van der Waals surface area contributed by atoms with Crippen LogP contribution in [0.1, 0.15) is 30.1 Å². The Morgan fingerprint density at radius 3 is 2.52 bits per heavy atom. The number of nitrogens with one attached hydrogen (secondary N) is 1. The van der Waals surface area contributed by atoms with Gasteiger partial charge >= 0.3 is 0 Å². The van der Waals surface area contributed by atoms with Crippen molar-refractivity contribution in [3.63, 3.8) is 0 Å². The van der Waals surface area contributed by atoms with Gasteiger partial charge in [-0.15, -0.1) is 11.3 Å². The summed E-state index contributed by atoms with van der Waals surface area (Å²) in [6.07, 6.45) is 2.11. The van der Waals surface area contributed by atoms with E-state index in [4.69, 9.17) is 9.72 Å². The van der Waals surface area contributed by atoms with Crippen LogP contribution >= 0.6 is 11.3 Å². The summed E-state index contributed by atoms with van der Waals surface area (Å²) in [4.78, 5) is 17.4. The van der Waals surface area contributed by atoms with Crippen molar-refractivity contribution >= 4 is 22.9 Å². The lowest BCUT2D eigenvalue weighted by Gasteiger charge is -2.08. The smallest absolute Gasteiger partial charge is 0.255 e. The summed E-state index contributed by atoms with van der Waals surface area (Å²) in [6.45, 7) is 2.82. The highest BCUT2D eigenvalue weighted by molar-refractivity contribution is 7.13. The quantitative estimate of drug-likeness (QED) is 0.310. The maximum Gasteiger partial charge on any atom is 0.255 e. The average Bonchev–Trinajstić information content (AvgIpc) is 3.31. The van der Waals surface area contributed by atoms with Crippen molar-refractivity contribution < 1.29 is 9.53 Å². The lowest BCUT2D eigenvalue weighted by atomic mass is 10.1. The molecule has 3 aromatic carbocycles. The predicted molar refractivity (Wildman–Crippen MR) is 128 cm³/mol. The Balaban J connectivity index is 1.44. The molecule has 1 N–H and O–H groups in total. The second-order valence-electron chi connectivity index (χ2n) is 7.17. The summed E-state index contributed by atoms with van der Waals surface area (Å²) in [5, 5.41) is 5.99. The third-order valence-corrected chi connectivity index (χ3v) is 5.72. The molecule has 0 unspecified atom stereocenters. The average molecular weight is 429 g/mol. The molecule has 0 aliphatic heterocycles. The SMILES string of the molecule is CCCCOc1ccc(C(=O)Nc2cccc(-c3csc(-c4ccccc4)n3)c2)cc1. The fourth-order valence-electron chi connectivity index (χ4n) is 3.12. The van der Waals surface area contributed by atoms with Gasteiger partial charge in [0, 0.05) is 27.8 Å². The van der Waals surface area contributed by atoms with Crippen molar-refractivity contribution in [1.82, 2.24) is 4.98 Å². The van der Waals surface area contributed by atoms with Crippen molar-refractivity contribution in [3.8, 4) is 27.6 Å². The Morgan fingerprint density at radius 1 is 0.968 bits per heavy atom. The van der Waals surface area contributed by atoms with Gasteiger partial charge in [-0.05, 0) is 42.8 Å². The van der Waals surface area contributed by atoms with Gasteiger partial charge < -0.3 is 10.1 Å². The number of ether oxygens (including phenoxy) is 1. The number of amides is 1. The van der Waals surface area contributed by atoms with Crippen LogP contribution in [0.25, 0.3) is 21.8 Å². The molecule has 1 amide bonds. The number of rotatable bonds is 8. The Hall–Kier alpha value is -3.44. The summed E-state index contributed by atoms with van der Waals surface area (Å²) in [5.74, 6) is 0.630. The Kier molecular flexibility index (Phi) is 6.75. The van der Waals surface area contributed by atoms with Gasteiger partial charge in [-0.25, -0.2) is 4.98 Å². The number of thiazole rings is 1. The third kappa shape index (κ3) is 5.38. The normalized spacial score (nSPS) is 10.6. The molecular weight excluding hydrogens is 404 g/mol. The zero-order valence-corrected chi connectivity index (χ0v) is 18.2. The molecule has 0 bridgehead atoms. The van der Waals surface area contributed by atoms with E-state index in [1.165, 1.54) is 0 Å². The van der Waals surface area contributed by atoms with Crippen LogP contribution in [-0.4, -0.2) is 17.5 Å². The zero-order chi connectivity index (χ0) is 21.5. The molecule has 0 spiro atoms. The van der Waals surface area contributed by atoms with E-state index in [0.29, 0.717) is 12.2 Å². The highest BCUT2D eigenvalue weighted by atomic mass is 32.1. The topological polar surface area (TPSA) is 51.2 Å². The number of benzene rings is 3. The van der Waals surface area contributed by atoms with Gasteiger partial charge in [0.05, 0.1) is 12.3 Å². The molecule has 4 nitrogen and oxygen atoms in total. The molecule has 5 heteroatoms. The molecule has 4 aromatic rings. The fourth-order valence-corrected chi connectivity index (χ4v) is 3.95. The second-order valence-corrected chi connectivity index (χ2v) is 8.02. The van der Waals surface area contributed by atoms with Gasteiger partial charge in [-0.3, -0.25) is 4.79 Å². The molecule has 0 saturated heterocycles. The van der Waals surface area contributed by atoms with E-state index in [1.54, 1.807) is 23.5 Å². The Bertz CT molecular complexity index is 1140. The highest BCUT2D eigenvalue weighted by Crippen LogP contribution is 2.30. The molecule has 156 valence electrons. The number of anilines is 1. The first-order valence-electron chi connectivity index (χ1n) is 10.4. The molecule has 0 atom stereocenters. The molecule has 0 aliphatic carbocycles. The molecular formula is C26H24N2O2S. The van der Waals surface area contributed by atoms with Gasteiger partial charge in [0.2, 0.25) is 0 Å². The number of nitrogens with zero attached hydrogens (tertiary/aromatic N) is 1. The van der Waals surface area contributed by atoms with Gasteiger partial charge in [0.1, 0.15) is 10.8 Å². The summed E-state index contributed by atoms with van der Waals surface area (Å²) in [5.41, 5.74) is 4.29. The molecule has 4 rings (SSSR count). The fraction of sp³-hybridized carbons (Fsp3) is 0.154. The molecule has 1 heterocycles. The monoisotopic (exact) mass is 428 g/mol. The summed E-state index contributed by atoms with van der Waals surface area (Å²) in [7, 11) is 0. The van der Waals surface area contributed by atoms with Crippen molar-refractivity contribution in [2.24, 2.45) is 0 Å². The van der Waals surface area contributed by atoms with Crippen LogP contribution in [0.5, 0.6) is 5.75 Å². The number of hydrogen-bond acceptors (Lipinski definition) is 4. The molecule has 1 aromatic heterocycles. The van der Waals surface area contributed by atoms with E-state index in [0.717, 1.165) is 46.1 Å². The first-order valence-corrected chi connectivity index (χ1v) is 11.3. The highest BCUT2D eigenvalue weighted by Gasteiger charge is 2.10. The molecule has 0 radical (unpaired) electrons. The first kappa shape index (κ1) is 20.8. The number of carbonyl (C=O) groups is 1. The van der Waals surface area contributed by atoms with Crippen molar-refractivity contribution in [2.45, 2.75) is 19.8 Å². The summed E-state index contributed by atoms with van der Waals surface area (Å²) in [6, 6.07) is 25.1. The van der Waals surface area contributed by atoms with E-state index in [-0.39, 0.29) is 5.91 Å². The predicted octanol–water partition coefficient (Wildman–Crippen LogP) is 6.91. The van der Waals surface area contributed by atoms with E-state index in [9.17, 15) is 4.79 Å². The van der Waals surface area contributed by atoms with Crippen LogP contribution in [0.3, 0.4) is 0 Å². The van der Waals surface area contributed by atoms with Gasteiger partial charge in [0.25, 0.3) is 5.91 Å². The summed E-state index contributed by atoms with van der Waals surface area (Å²) < 4.78 is 5.66. The van der Waals surface area contributed by atoms with Gasteiger partial charge in [-0.2, -0.15) is 0 Å². The van der Waals surface area contributed by atoms with Crippen LogP contribution < -0.4 is 10.1 Å². The Morgan fingerprint density at radius 2 is 1.74 bits per heavy atom. The molecule has 0 aliphatic rings. The number of unbranched alkanes of at least 4 members (excludes halogenated alkanes) is 1. The molecule has 0 saturated carbocycles.